The maximum Gasteiger partial charge on any atom is 0.339 e. The standard InChI is InChI=1S/C23H22ClN3O4/c1-29-21-15-17(16-25-27-23(28)26-18-8-4-2-5-9-18)14-20(24)22(21)31-13-12-30-19-10-6-3-7-11-19/h2-11,14-16H,12-13H2,1H3,(H2,26,27,28). The van der Waals surface area contributed by atoms with Crippen LogP contribution in [0.1, 0.15) is 5.56 Å². The van der Waals surface area contributed by atoms with E-state index in [0.717, 1.165) is 5.75 Å². The third kappa shape index (κ3) is 6.94. The molecule has 0 aliphatic heterocycles. The van der Waals surface area contributed by atoms with E-state index in [0.29, 0.717) is 41.0 Å². The molecule has 7 nitrogen and oxygen atoms in total. The summed E-state index contributed by atoms with van der Waals surface area (Å²) in [5.74, 6) is 1.62. The number of rotatable bonds is 9. The number of carbonyl (C=O) groups excluding carboxylic acids is 1. The van der Waals surface area contributed by atoms with Gasteiger partial charge in [-0.25, -0.2) is 10.2 Å². The number of nitrogens with zero attached hydrogens (tertiary/aromatic N) is 1. The lowest BCUT2D eigenvalue weighted by Gasteiger charge is -2.13. The van der Waals surface area contributed by atoms with Crippen LogP contribution < -0.4 is 25.0 Å². The lowest BCUT2D eigenvalue weighted by molar-refractivity contribution is 0.211. The minimum atomic E-state index is -0.459. The van der Waals surface area contributed by atoms with Crippen molar-refractivity contribution in [2.45, 2.75) is 0 Å². The SMILES string of the molecule is COc1cc(C=NNC(=O)Nc2ccccc2)cc(Cl)c1OCCOc1ccccc1. The summed E-state index contributed by atoms with van der Waals surface area (Å²) in [6.07, 6.45) is 1.46. The van der Waals surface area contributed by atoms with Gasteiger partial charge in [0.1, 0.15) is 19.0 Å². The molecule has 0 aliphatic carbocycles. The molecule has 0 unspecified atom stereocenters. The van der Waals surface area contributed by atoms with E-state index in [-0.39, 0.29) is 0 Å². The summed E-state index contributed by atoms with van der Waals surface area (Å²) >= 11 is 6.35. The largest absolute Gasteiger partial charge is 0.493 e. The zero-order valence-electron chi connectivity index (χ0n) is 16.9. The van der Waals surface area contributed by atoms with Crippen LogP contribution in [0.25, 0.3) is 0 Å². The van der Waals surface area contributed by atoms with Crippen molar-refractivity contribution in [2.24, 2.45) is 5.10 Å². The van der Waals surface area contributed by atoms with E-state index in [2.05, 4.69) is 15.8 Å². The fraction of sp³-hybridized carbons (Fsp3) is 0.130. The van der Waals surface area contributed by atoms with Gasteiger partial charge in [-0.3, -0.25) is 0 Å². The zero-order valence-corrected chi connectivity index (χ0v) is 17.6. The number of benzene rings is 3. The Kier molecular flexibility index (Phi) is 8.13. The van der Waals surface area contributed by atoms with Gasteiger partial charge in [0.25, 0.3) is 0 Å². The van der Waals surface area contributed by atoms with Crippen molar-refractivity contribution >= 4 is 29.5 Å². The number of hydrazone groups is 1. The molecule has 160 valence electrons. The van der Waals surface area contributed by atoms with Gasteiger partial charge >= 0.3 is 6.03 Å². The topological polar surface area (TPSA) is 81.2 Å². The summed E-state index contributed by atoms with van der Waals surface area (Å²) in [6.45, 7) is 0.646. The minimum absolute atomic E-state index is 0.291. The number of carbonyl (C=O) groups is 1. The highest BCUT2D eigenvalue weighted by atomic mass is 35.5. The number of ether oxygens (including phenoxy) is 3. The van der Waals surface area contributed by atoms with E-state index in [1.54, 1.807) is 24.3 Å². The Bertz CT molecular complexity index is 1010. The number of hydrogen-bond acceptors (Lipinski definition) is 5. The average Bonchev–Trinajstić information content (AvgIpc) is 2.79. The first-order chi connectivity index (χ1) is 15.2. The first-order valence-electron chi connectivity index (χ1n) is 9.49. The molecule has 0 spiro atoms. The van der Waals surface area contributed by atoms with Crippen LogP contribution in [0.2, 0.25) is 5.02 Å². The Labute approximate surface area is 185 Å². The minimum Gasteiger partial charge on any atom is -0.493 e. The highest BCUT2D eigenvalue weighted by Crippen LogP contribution is 2.36. The number of hydrogen-bond donors (Lipinski definition) is 2. The molecule has 0 aliphatic rings. The van der Waals surface area contributed by atoms with E-state index in [4.69, 9.17) is 25.8 Å². The first-order valence-corrected chi connectivity index (χ1v) is 9.87. The molecule has 2 amide bonds. The van der Waals surface area contributed by atoms with Gasteiger partial charge in [-0.1, -0.05) is 48.0 Å². The van der Waals surface area contributed by atoms with Crippen LogP contribution in [0, 0.1) is 0 Å². The Morgan fingerprint density at radius 3 is 2.39 bits per heavy atom. The van der Waals surface area contributed by atoms with Crippen LogP contribution in [-0.2, 0) is 0 Å². The number of amides is 2. The van der Waals surface area contributed by atoms with E-state index in [9.17, 15) is 4.79 Å². The predicted octanol–water partition coefficient (Wildman–Crippen LogP) is 4.96. The summed E-state index contributed by atoms with van der Waals surface area (Å²) in [7, 11) is 1.52. The Hall–Kier alpha value is -3.71. The Morgan fingerprint density at radius 1 is 1.00 bits per heavy atom. The number of anilines is 1. The fourth-order valence-corrected chi connectivity index (χ4v) is 2.89. The molecule has 2 N–H and O–H groups in total. The lowest BCUT2D eigenvalue weighted by Crippen LogP contribution is -2.24. The van der Waals surface area contributed by atoms with Gasteiger partial charge in [0.15, 0.2) is 11.5 Å². The molecule has 0 saturated heterocycles. The molecule has 0 bridgehead atoms. The summed E-state index contributed by atoms with van der Waals surface area (Å²) < 4.78 is 16.7. The summed E-state index contributed by atoms with van der Waals surface area (Å²) in [5.41, 5.74) is 3.69. The van der Waals surface area contributed by atoms with Crippen LogP contribution in [0.4, 0.5) is 10.5 Å². The number of methoxy groups -OCH3 is 1. The van der Waals surface area contributed by atoms with Crippen LogP contribution in [-0.4, -0.2) is 32.6 Å². The molecule has 0 radical (unpaired) electrons. The second-order valence-corrected chi connectivity index (χ2v) is 6.64. The maximum atomic E-state index is 11.9. The van der Waals surface area contributed by atoms with Gasteiger partial charge in [-0.2, -0.15) is 5.10 Å². The third-order valence-electron chi connectivity index (χ3n) is 4.00. The monoisotopic (exact) mass is 439 g/mol. The Balaban J connectivity index is 1.54. The van der Waals surface area contributed by atoms with Crippen molar-refractivity contribution in [2.75, 3.05) is 25.6 Å². The number of nitrogens with one attached hydrogen (secondary N) is 2. The van der Waals surface area contributed by atoms with Crippen LogP contribution >= 0.6 is 11.6 Å². The van der Waals surface area contributed by atoms with E-state index < -0.39 is 6.03 Å². The van der Waals surface area contributed by atoms with Gasteiger partial charge in [0.2, 0.25) is 0 Å². The molecule has 31 heavy (non-hydrogen) atoms. The third-order valence-corrected chi connectivity index (χ3v) is 4.29. The molecule has 3 aromatic carbocycles. The van der Waals surface area contributed by atoms with Gasteiger partial charge < -0.3 is 19.5 Å². The van der Waals surface area contributed by atoms with Crippen LogP contribution in [0.3, 0.4) is 0 Å². The van der Waals surface area contributed by atoms with Gasteiger partial charge in [0, 0.05) is 5.69 Å². The van der Waals surface area contributed by atoms with Crippen molar-refractivity contribution in [1.29, 1.82) is 0 Å². The van der Waals surface area contributed by atoms with Crippen molar-refractivity contribution in [1.82, 2.24) is 5.43 Å². The van der Waals surface area contributed by atoms with Crippen molar-refractivity contribution in [3.8, 4) is 17.2 Å². The molecule has 3 aromatic rings. The molecule has 8 heteroatoms. The second kappa shape index (κ2) is 11.5. The van der Waals surface area contributed by atoms with Gasteiger partial charge in [-0.15, -0.1) is 0 Å². The molecule has 0 aromatic heterocycles. The smallest absolute Gasteiger partial charge is 0.339 e. The molecular weight excluding hydrogens is 418 g/mol. The lowest BCUT2D eigenvalue weighted by atomic mass is 10.2. The van der Waals surface area contributed by atoms with Crippen LogP contribution in [0.5, 0.6) is 17.2 Å². The van der Waals surface area contributed by atoms with Crippen molar-refractivity contribution < 1.29 is 19.0 Å². The van der Waals surface area contributed by atoms with Gasteiger partial charge in [0.05, 0.1) is 18.3 Å². The Morgan fingerprint density at radius 2 is 1.68 bits per heavy atom. The first kappa shape index (κ1) is 22.0. The summed E-state index contributed by atoms with van der Waals surface area (Å²) in [4.78, 5) is 11.9. The fourth-order valence-electron chi connectivity index (χ4n) is 2.62. The van der Waals surface area contributed by atoms with Crippen LogP contribution in [0.15, 0.2) is 77.9 Å². The molecule has 0 heterocycles. The normalized spacial score (nSPS) is 10.5. The predicted molar refractivity (Wildman–Crippen MR) is 122 cm³/mol. The number of urea groups is 1. The number of halogens is 1. The van der Waals surface area contributed by atoms with Gasteiger partial charge in [-0.05, 0) is 42.0 Å². The molecular formula is C23H22ClN3O4. The quantitative estimate of drug-likeness (QED) is 0.280. The summed E-state index contributed by atoms with van der Waals surface area (Å²) in [6, 6.07) is 21.4. The molecule has 0 fully saturated rings. The zero-order chi connectivity index (χ0) is 21.9. The maximum absolute atomic E-state index is 11.9. The summed E-state index contributed by atoms with van der Waals surface area (Å²) in [5, 5.41) is 6.95. The highest BCUT2D eigenvalue weighted by Gasteiger charge is 2.12. The average molecular weight is 440 g/mol. The van der Waals surface area contributed by atoms with Crippen molar-refractivity contribution in [3.63, 3.8) is 0 Å². The molecule has 0 atom stereocenters. The van der Waals surface area contributed by atoms with E-state index in [1.165, 1.54) is 13.3 Å². The van der Waals surface area contributed by atoms with E-state index >= 15 is 0 Å². The second-order valence-electron chi connectivity index (χ2n) is 6.23. The number of para-hydroxylation sites is 2. The molecule has 3 rings (SSSR count). The van der Waals surface area contributed by atoms with Crippen molar-refractivity contribution in [3.05, 3.63) is 83.4 Å². The highest BCUT2D eigenvalue weighted by molar-refractivity contribution is 6.32. The van der Waals surface area contributed by atoms with E-state index in [1.807, 2.05) is 48.5 Å². The molecule has 0 saturated carbocycles.